The molecular weight excluding hydrogens is 232 g/mol. The summed E-state index contributed by atoms with van der Waals surface area (Å²) < 4.78 is 0. The molecule has 3 rings (SSSR count). The Morgan fingerprint density at radius 2 is 1.89 bits per heavy atom. The highest BCUT2D eigenvalue weighted by Crippen LogP contribution is 2.31. The third-order valence-electron chi connectivity index (χ3n) is 4.89. The van der Waals surface area contributed by atoms with Gasteiger partial charge in [0.1, 0.15) is 5.84 Å². The Balaban J connectivity index is 1.54. The lowest BCUT2D eigenvalue weighted by Gasteiger charge is -2.28. The van der Waals surface area contributed by atoms with E-state index in [-0.39, 0.29) is 0 Å². The Morgan fingerprint density at radius 3 is 2.63 bits per heavy atom. The fraction of sp³-hybridized carbons (Fsp3) is 0.588. The molecule has 1 aliphatic carbocycles. The van der Waals surface area contributed by atoms with E-state index < -0.39 is 0 Å². The normalized spacial score (nSPS) is 26.6. The van der Waals surface area contributed by atoms with E-state index >= 15 is 0 Å². The van der Waals surface area contributed by atoms with Crippen molar-refractivity contribution in [3.8, 4) is 0 Å². The fourth-order valence-electron chi connectivity index (χ4n) is 3.49. The quantitative estimate of drug-likeness (QED) is 0.868. The third-order valence-corrected chi connectivity index (χ3v) is 4.89. The molecule has 0 unspecified atom stereocenters. The fourth-order valence-corrected chi connectivity index (χ4v) is 3.49. The largest absolute Gasteiger partial charge is 0.352 e. The Labute approximate surface area is 116 Å². The van der Waals surface area contributed by atoms with Crippen LogP contribution in [0.2, 0.25) is 0 Å². The van der Waals surface area contributed by atoms with Crippen molar-refractivity contribution in [3.63, 3.8) is 0 Å². The van der Waals surface area contributed by atoms with Gasteiger partial charge in [0, 0.05) is 18.7 Å². The lowest BCUT2D eigenvalue weighted by Crippen LogP contribution is -2.27. The second-order valence-electron chi connectivity index (χ2n) is 6.34. The topological polar surface area (TPSA) is 27.1 Å². The van der Waals surface area contributed by atoms with Crippen molar-refractivity contribution in [2.75, 3.05) is 6.54 Å². The summed E-state index contributed by atoms with van der Waals surface area (Å²) in [6.07, 6.45) is 6.87. The van der Waals surface area contributed by atoms with E-state index in [9.17, 15) is 0 Å². The maximum atomic E-state index is 8.26. The molecule has 0 amide bonds. The van der Waals surface area contributed by atoms with Gasteiger partial charge in [0.15, 0.2) is 0 Å². The predicted molar refractivity (Wildman–Crippen MR) is 79.4 cm³/mol. The van der Waals surface area contributed by atoms with Gasteiger partial charge in [0.25, 0.3) is 0 Å². The van der Waals surface area contributed by atoms with Gasteiger partial charge in [-0.3, -0.25) is 5.41 Å². The number of hydrogen-bond acceptors (Lipinski definition) is 1. The molecule has 1 aromatic carbocycles. The second-order valence-corrected chi connectivity index (χ2v) is 6.34. The number of nitrogens with one attached hydrogen (secondary N) is 1. The number of rotatable bonds is 3. The highest BCUT2D eigenvalue weighted by molar-refractivity contribution is 6.00. The number of amidine groups is 1. The molecule has 1 saturated carbocycles. The van der Waals surface area contributed by atoms with E-state index in [2.05, 4.69) is 30.0 Å². The van der Waals surface area contributed by atoms with E-state index in [1.807, 2.05) is 6.07 Å². The van der Waals surface area contributed by atoms with Gasteiger partial charge in [0.05, 0.1) is 0 Å². The van der Waals surface area contributed by atoms with Gasteiger partial charge in [-0.15, -0.1) is 0 Å². The van der Waals surface area contributed by atoms with Crippen LogP contribution in [-0.2, 0) is 6.54 Å². The molecule has 1 N–H and O–H groups in total. The molecule has 1 aromatic rings. The standard InChI is InChI=1S/C17H24N2/c1-13-6-8-14(9-7-13)10-11-19-12-15-4-2-3-5-16(15)17(19)18/h2-5,13-14,18H,6-12H2,1H3. The number of fused-ring (bicyclic) bond motifs is 1. The second kappa shape index (κ2) is 5.36. The zero-order valence-electron chi connectivity index (χ0n) is 11.9. The van der Waals surface area contributed by atoms with Crippen LogP contribution in [0.4, 0.5) is 0 Å². The summed E-state index contributed by atoms with van der Waals surface area (Å²) in [5.74, 6) is 2.57. The monoisotopic (exact) mass is 256 g/mol. The van der Waals surface area contributed by atoms with Gasteiger partial charge in [-0.05, 0) is 23.8 Å². The van der Waals surface area contributed by atoms with Crippen LogP contribution in [0.15, 0.2) is 24.3 Å². The molecule has 1 fully saturated rings. The third kappa shape index (κ3) is 2.68. The molecular formula is C17H24N2. The molecule has 0 aromatic heterocycles. The molecule has 2 heteroatoms. The lowest BCUT2D eigenvalue weighted by molar-refractivity contribution is 0.256. The summed E-state index contributed by atoms with van der Waals surface area (Å²) in [6, 6.07) is 8.36. The van der Waals surface area contributed by atoms with Crippen LogP contribution < -0.4 is 0 Å². The van der Waals surface area contributed by atoms with E-state index in [0.717, 1.165) is 36.3 Å². The first-order valence-corrected chi connectivity index (χ1v) is 7.66. The molecule has 19 heavy (non-hydrogen) atoms. The Morgan fingerprint density at radius 1 is 1.16 bits per heavy atom. The van der Waals surface area contributed by atoms with E-state index in [4.69, 9.17) is 5.41 Å². The molecule has 0 radical (unpaired) electrons. The summed E-state index contributed by atoms with van der Waals surface area (Å²) in [4.78, 5) is 2.25. The van der Waals surface area contributed by atoms with Gasteiger partial charge < -0.3 is 4.90 Å². The maximum Gasteiger partial charge on any atom is 0.128 e. The van der Waals surface area contributed by atoms with Crippen molar-refractivity contribution < 1.29 is 0 Å². The smallest absolute Gasteiger partial charge is 0.128 e. The minimum Gasteiger partial charge on any atom is -0.352 e. The van der Waals surface area contributed by atoms with E-state index in [1.54, 1.807) is 0 Å². The van der Waals surface area contributed by atoms with Crippen molar-refractivity contribution in [2.24, 2.45) is 11.8 Å². The van der Waals surface area contributed by atoms with Crippen LogP contribution in [-0.4, -0.2) is 17.3 Å². The van der Waals surface area contributed by atoms with Gasteiger partial charge in [-0.25, -0.2) is 0 Å². The van der Waals surface area contributed by atoms with Crippen molar-refractivity contribution in [1.29, 1.82) is 5.41 Å². The zero-order valence-corrected chi connectivity index (χ0v) is 11.9. The van der Waals surface area contributed by atoms with E-state index in [1.165, 1.54) is 37.7 Å². The molecule has 1 heterocycles. The average Bonchev–Trinajstić information content (AvgIpc) is 2.76. The molecule has 0 spiro atoms. The van der Waals surface area contributed by atoms with Gasteiger partial charge in [0.2, 0.25) is 0 Å². The lowest BCUT2D eigenvalue weighted by atomic mass is 9.81. The summed E-state index contributed by atoms with van der Waals surface area (Å²) in [5.41, 5.74) is 2.46. The van der Waals surface area contributed by atoms with Gasteiger partial charge in [-0.1, -0.05) is 56.9 Å². The van der Waals surface area contributed by atoms with Gasteiger partial charge in [-0.2, -0.15) is 0 Å². The zero-order chi connectivity index (χ0) is 13.2. The van der Waals surface area contributed by atoms with Gasteiger partial charge >= 0.3 is 0 Å². The summed E-state index contributed by atoms with van der Waals surface area (Å²) >= 11 is 0. The van der Waals surface area contributed by atoms with Crippen LogP contribution in [0, 0.1) is 17.2 Å². The summed E-state index contributed by atoms with van der Waals surface area (Å²) in [5, 5.41) is 8.26. The minimum atomic E-state index is 0.736. The molecule has 2 nitrogen and oxygen atoms in total. The molecule has 0 saturated heterocycles. The Kier molecular flexibility index (Phi) is 3.58. The number of hydrogen-bond donors (Lipinski definition) is 1. The highest BCUT2D eigenvalue weighted by atomic mass is 15.2. The van der Waals surface area contributed by atoms with E-state index in [0.29, 0.717) is 0 Å². The van der Waals surface area contributed by atoms with Crippen LogP contribution in [0.1, 0.15) is 50.2 Å². The number of nitrogens with zero attached hydrogens (tertiary/aromatic N) is 1. The predicted octanol–water partition coefficient (Wildman–Crippen LogP) is 4.04. The maximum absolute atomic E-state index is 8.26. The molecule has 2 aliphatic rings. The van der Waals surface area contributed by atoms with Crippen LogP contribution >= 0.6 is 0 Å². The molecule has 0 bridgehead atoms. The Bertz CT molecular complexity index is 458. The van der Waals surface area contributed by atoms with Crippen molar-refractivity contribution in [3.05, 3.63) is 35.4 Å². The van der Waals surface area contributed by atoms with Crippen LogP contribution in [0.3, 0.4) is 0 Å². The minimum absolute atomic E-state index is 0.736. The van der Waals surface area contributed by atoms with Crippen molar-refractivity contribution in [1.82, 2.24) is 4.90 Å². The first-order chi connectivity index (χ1) is 9.24. The SMILES string of the molecule is CC1CCC(CCN2Cc3ccccc3C2=N)CC1. The first-order valence-electron chi connectivity index (χ1n) is 7.66. The summed E-state index contributed by atoms with van der Waals surface area (Å²) in [7, 11) is 0. The first kappa shape index (κ1) is 12.7. The summed E-state index contributed by atoms with van der Waals surface area (Å²) in [6.45, 7) is 4.38. The van der Waals surface area contributed by atoms with Crippen LogP contribution in [0.5, 0.6) is 0 Å². The van der Waals surface area contributed by atoms with Crippen molar-refractivity contribution >= 4 is 5.84 Å². The van der Waals surface area contributed by atoms with Crippen molar-refractivity contribution in [2.45, 2.75) is 45.6 Å². The number of benzene rings is 1. The van der Waals surface area contributed by atoms with Crippen LogP contribution in [0.25, 0.3) is 0 Å². The highest BCUT2D eigenvalue weighted by Gasteiger charge is 2.25. The molecule has 1 aliphatic heterocycles. The average molecular weight is 256 g/mol. The Hall–Kier alpha value is -1.31. The molecule has 0 atom stereocenters. The molecule has 102 valence electrons.